The molecule has 0 aromatic heterocycles. The number of rotatable bonds is 1. The minimum Gasteiger partial charge on any atom is -0.295 e. The summed E-state index contributed by atoms with van der Waals surface area (Å²) in [4.78, 5) is 11.0. The number of hydrogen-bond acceptors (Lipinski definition) is 1. The summed E-state index contributed by atoms with van der Waals surface area (Å²) in [5.41, 5.74) is -1.04. The zero-order chi connectivity index (χ0) is 11.8. The lowest BCUT2D eigenvalue weighted by Crippen LogP contribution is -2.08. The van der Waals surface area contributed by atoms with E-state index in [0.717, 1.165) is 6.07 Å². The number of ketones is 1. The van der Waals surface area contributed by atoms with Gasteiger partial charge in [0.05, 0.1) is 10.6 Å². The van der Waals surface area contributed by atoms with Gasteiger partial charge in [0, 0.05) is 10.0 Å². The summed E-state index contributed by atoms with van der Waals surface area (Å²) >= 11 is 8.35. The number of benzene rings is 1. The van der Waals surface area contributed by atoms with Crippen LogP contribution in [0.1, 0.15) is 22.8 Å². The molecule has 1 rings (SSSR count). The highest BCUT2D eigenvalue weighted by molar-refractivity contribution is 9.10. The average molecular weight is 301 g/mol. The SMILES string of the molecule is CC(=O)c1cc(Br)c(Cl)c(C(F)(F)F)c1. The fraction of sp³-hybridized carbons (Fsp3) is 0.222. The Hall–Kier alpha value is -0.550. The Kier molecular flexibility index (Phi) is 3.45. The number of carbonyl (C=O) groups is 1. The third kappa shape index (κ3) is 2.72. The van der Waals surface area contributed by atoms with Crippen LogP contribution in [0.2, 0.25) is 5.02 Å². The topological polar surface area (TPSA) is 17.1 Å². The van der Waals surface area contributed by atoms with E-state index in [4.69, 9.17) is 11.6 Å². The van der Waals surface area contributed by atoms with Gasteiger partial charge >= 0.3 is 6.18 Å². The van der Waals surface area contributed by atoms with E-state index in [0.29, 0.717) is 0 Å². The van der Waals surface area contributed by atoms with E-state index in [9.17, 15) is 18.0 Å². The molecule has 0 unspecified atom stereocenters. The molecule has 6 heteroatoms. The number of halogens is 5. The minimum absolute atomic E-state index is 0.0291. The molecular weight excluding hydrogens is 296 g/mol. The molecule has 1 aromatic carbocycles. The van der Waals surface area contributed by atoms with Crippen molar-refractivity contribution < 1.29 is 18.0 Å². The fourth-order valence-electron chi connectivity index (χ4n) is 0.999. The lowest BCUT2D eigenvalue weighted by molar-refractivity contribution is -0.137. The Morgan fingerprint density at radius 2 is 1.93 bits per heavy atom. The monoisotopic (exact) mass is 300 g/mol. The van der Waals surface area contributed by atoms with E-state index < -0.39 is 22.5 Å². The van der Waals surface area contributed by atoms with Crippen LogP contribution in [-0.4, -0.2) is 5.78 Å². The summed E-state index contributed by atoms with van der Waals surface area (Å²) < 4.78 is 37.4. The molecule has 82 valence electrons. The standard InChI is InChI=1S/C9H5BrClF3O/c1-4(15)5-2-6(9(12,13)14)8(11)7(10)3-5/h2-3H,1H3. The molecule has 0 atom stereocenters. The minimum atomic E-state index is -4.56. The van der Waals surface area contributed by atoms with Gasteiger partial charge in [0.15, 0.2) is 5.78 Å². The molecule has 0 aliphatic heterocycles. The predicted octanol–water partition coefficient (Wildman–Crippen LogP) is 4.32. The van der Waals surface area contributed by atoms with Crippen LogP contribution in [0, 0.1) is 0 Å². The molecule has 0 aliphatic carbocycles. The maximum Gasteiger partial charge on any atom is 0.417 e. The van der Waals surface area contributed by atoms with Crippen molar-refractivity contribution in [2.75, 3.05) is 0 Å². The number of Topliss-reactive ketones (excluding diaryl/α,β-unsaturated/α-hetero) is 1. The third-order valence-corrected chi connectivity index (χ3v) is 3.00. The Morgan fingerprint density at radius 3 is 2.33 bits per heavy atom. The lowest BCUT2D eigenvalue weighted by Gasteiger charge is -2.11. The first-order valence-corrected chi connectivity index (χ1v) is 4.97. The van der Waals surface area contributed by atoms with Crippen LogP contribution in [0.15, 0.2) is 16.6 Å². The number of hydrogen-bond donors (Lipinski definition) is 0. The molecule has 0 saturated heterocycles. The van der Waals surface area contributed by atoms with Gasteiger partial charge in [0.1, 0.15) is 0 Å². The van der Waals surface area contributed by atoms with E-state index >= 15 is 0 Å². The smallest absolute Gasteiger partial charge is 0.295 e. The summed E-state index contributed by atoms with van der Waals surface area (Å²) in [6, 6.07) is 2.01. The first kappa shape index (κ1) is 12.5. The van der Waals surface area contributed by atoms with Crippen LogP contribution in [0.25, 0.3) is 0 Å². The highest BCUT2D eigenvalue weighted by Crippen LogP contribution is 2.39. The second-order valence-electron chi connectivity index (χ2n) is 2.87. The van der Waals surface area contributed by atoms with Gasteiger partial charge in [-0.2, -0.15) is 13.2 Å². The molecule has 0 amide bonds. The van der Waals surface area contributed by atoms with E-state index in [-0.39, 0.29) is 10.0 Å². The van der Waals surface area contributed by atoms with Crippen LogP contribution in [0.3, 0.4) is 0 Å². The van der Waals surface area contributed by atoms with E-state index in [1.165, 1.54) is 13.0 Å². The van der Waals surface area contributed by atoms with Gasteiger partial charge in [-0.05, 0) is 35.0 Å². The molecule has 0 bridgehead atoms. The Bertz CT molecular complexity index is 415. The highest BCUT2D eigenvalue weighted by atomic mass is 79.9. The van der Waals surface area contributed by atoms with E-state index in [1.807, 2.05) is 0 Å². The molecule has 0 spiro atoms. The first-order chi connectivity index (χ1) is 6.73. The molecule has 0 N–H and O–H groups in total. The van der Waals surface area contributed by atoms with Crippen LogP contribution in [-0.2, 0) is 6.18 Å². The quantitative estimate of drug-likeness (QED) is 0.706. The van der Waals surface area contributed by atoms with E-state index in [1.54, 1.807) is 0 Å². The predicted molar refractivity (Wildman–Crippen MR) is 54.2 cm³/mol. The summed E-state index contributed by atoms with van der Waals surface area (Å²) in [6.07, 6.45) is -4.56. The van der Waals surface area contributed by atoms with Gasteiger partial charge < -0.3 is 0 Å². The molecule has 0 heterocycles. The first-order valence-electron chi connectivity index (χ1n) is 3.80. The van der Waals surface area contributed by atoms with Crippen molar-refractivity contribution in [1.29, 1.82) is 0 Å². The molecule has 0 radical (unpaired) electrons. The third-order valence-electron chi connectivity index (χ3n) is 1.74. The van der Waals surface area contributed by atoms with E-state index in [2.05, 4.69) is 15.9 Å². The van der Waals surface area contributed by atoms with Crippen molar-refractivity contribution in [3.63, 3.8) is 0 Å². The van der Waals surface area contributed by atoms with Crippen molar-refractivity contribution in [2.24, 2.45) is 0 Å². The maximum absolute atomic E-state index is 12.5. The Balaban J connectivity index is 3.45. The highest BCUT2D eigenvalue weighted by Gasteiger charge is 2.34. The van der Waals surface area contributed by atoms with Crippen molar-refractivity contribution in [3.05, 3.63) is 32.8 Å². The van der Waals surface area contributed by atoms with Gasteiger partial charge in [-0.15, -0.1) is 0 Å². The van der Waals surface area contributed by atoms with Crippen LogP contribution < -0.4 is 0 Å². The fourth-order valence-corrected chi connectivity index (χ4v) is 1.68. The van der Waals surface area contributed by atoms with Crippen molar-refractivity contribution in [3.8, 4) is 0 Å². The van der Waals surface area contributed by atoms with Gasteiger partial charge in [-0.1, -0.05) is 11.6 Å². The normalized spacial score (nSPS) is 11.6. The van der Waals surface area contributed by atoms with Gasteiger partial charge in [0.25, 0.3) is 0 Å². The summed E-state index contributed by atoms with van der Waals surface area (Å²) in [7, 11) is 0. The second kappa shape index (κ2) is 4.14. The molecule has 0 aliphatic rings. The second-order valence-corrected chi connectivity index (χ2v) is 4.11. The zero-order valence-electron chi connectivity index (χ0n) is 7.45. The lowest BCUT2D eigenvalue weighted by atomic mass is 10.1. The molecule has 1 nitrogen and oxygen atoms in total. The molecule has 15 heavy (non-hydrogen) atoms. The van der Waals surface area contributed by atoms with Gasteiger partial charge in [-0.3, -0.25) is 4.79 Å². The van der Waals surface area contributed by atoms with Crippen LogP contribution >= 0.6 is 27.5 Å². The maximum atomic E-state index is 12.5. The largest absolute Gasteiger partial charge is 0.417 e. The summed E-state index contributed by atoms with van der Waals surface area (Å²) in [5, 5.41) is -0.437. The Morgan fingerprint density at radius 1 is 1.40 bits per heavy atom. The molecule has 0 saturated carbocycles. The van der Waals surface area contributed by atoms with Crippen LogP contribution in [0.5, 0.6) is 0 Å². The van der Waals surface area contributed by atoms with Gasteiger partial charge in [0.2, 0.25) is 0 Å². The van der Waals surface area contributed by atoms with Crippen LogP contribution in [0.4, 0.5) is 13.2 Å². The summed E-state index contributed by atoms with van der Waals surface area (Å²) in [5.74, 6) is -0.446. The molecular formula is C9H5BrClF3O. The van der Waals surface area contributed by atoms with Gasteiger partial charge in [-0.25, -0.2) is 0 Å². The summed E-state index contributed by atoms with van der Waals surface area (Å²) in [6.45, 7) is 1.19. The molecule has 1 aromatic rings. The molecule has 0 fully saturated rings. The van der Waals surface area contributed by atoms with Crippen molar-refractivity contribution in [1.82, 2.24) is 0 Å². The number of alkyl halides is 3. The Labute approximate surface area is 97.4 Å². The number of carbonyl (C=O) groups excluding carboxylic acids is 1. The van der Waals surface area contributed by atoms with Crippen molar-refractivity contribution >= 4 is 33.3 Å². The average Bonchev–Trinajstić information content (AvgIpc) is 2.06. The van der Waals surface area contributed by atoms with Crippen molar-refractivity contribution in [2.45, 2.75) is 13.1 Å². The zero-order valence-corrected chi connectivity index (χ0v) is 9.79.